The van der Waals surface area contributed by atoms with Gasteiger partial charge in [0.15, 0.2) is 5.96 Å². The van der Waals surface area contributed by atoms with Crippen LogP contribution in [0.15, 0.2) is 54.0 Å². The minimum absolute atomic E-state index is 0.559. The number of aliphatic imine (C=N–C) groups is 1. The molecule has 2 heterocycles. The van der Waals surface area contributed by atoms with Gasteiger partial charge in [-0.05, 0) is 23.8 Å². The van der Waals surface area contributed by atoms with Gasteiger partial charge in [-0.1, -0.05) is 12.1 Å². The molecule has 0 bridgehead atoms. The molecule has 0 spiro atoms. The molecule has 0 saturated heterocycles. The van der Waals surface area contributed by atoms with E-state index in [1.807, 2.05) is 36.1 Å². The number of guanidine groups is 1. The molecule has 2 N–H and O–H groups in total. The third-order valence-electron chi connectivity index (χ3n) is 3.58. The fourth-order valence-electron chi connectivity index (χ4n) is 2.28. The minimum atomic E-state index is 0.559. The van der Waals surface area contributed by atoms with Crippen molar-refractivity contribution in [3.8, 4) is 5.69 Å². The van der Waals surface area contributed by atoms with Crippen molar-refractivity contribution < 1.29 is 0 Å². The largest absolute Gasteiger partial charge is 0.352 e. The van der Waals surface area contributed by atoms with Crippen LogP contribution in [-0.4, -0.2) is 37.6 Å². The summed E-state index contributed by atoms with van der Waals surface area (Å²) < 4.78 is 3.57. The van der Waals surface area contributed by atoms with Gasteiger partial charge in [0.25, 0.3) is 0 Å². The van der Waals surface area contributed by atoms with Gasteiger partial charge in [0.2, 0.25) is 0 Å². The van der Waals surface area contributed by atoms with Gasteiger partial charge in [0.05, 0.1) is 12.2 Å². The van der Waals surface area contributed by atoms with Crippen LogP contribution in [-0.2, 0) is 20.1 Å². The smallest absolute Gasteiger partial charge is 0.191 e. The molecular weight excluding hydrogens is 304 g/mol. The van der Waals surface area contributed by atoms with Gasteiger partial charge in [0, 0.05) is 33.0 Å². The average molecular weight is 324 g/mol. The highest BCUT2D eigenvalue weighted by Crippen LogP contribution is 2.09. The number of benzene rings is 1. The van der Waals surface area contributed by atoms with Gasteiger partial charge in [0.1, 0.15) is 12.2 Å². The van der Waals surface area contributed by atoms with Crippen LogP contribution in [0, 0.1) is 0 Å². The highest BCUT2D eigenvalue weighted by Gasteiger charge is 2.04. The lowest BCUT2D eigenvalue weighted by Gasteiger charge is -2.12. The van der Waals surface area contributed by atoms with Gasteiger partial charge in [-0.3, -0.25) is 9.67 Å². The summed E-state index contributed by atoms with van der Waals surface area (Å²) in [5, 5.41) is 14.8. The minimum Gasteiger partial charge on any atom is -0.352 e. The van der Waals surface area contributed by atoms with Gasteiger partial charge in [-0.25, -0.2) is 9.67 Å². The lowest BCUT2D eigenvalue weighted by molar-refractivity contribution is 0.672. The Bertz CT molecular complexity index is 803. The second-order valence-corrected chi connectivity index (χ2v) is 5.20. The van der Waals surface area contributed by atoms with Crippen LogP contribution in [0.3, 0.4) is 0 Å². The highest BCUT2D eigenvalue weighted by atomic mass is 15.3. The summed E-state index contributed by atoms with van der Waals surface area (Å²) in [6.45, 7) is 1.22. The monoisotopic (exact) mass is 324 g/mol. The number of nitrogens with one attached hydrogen (secondary N) is 2. The molecule has 0 unspecified atom stereocenters. The molecule has 8 heteroatoms. The molecule has 0 aliphatic carbocycles. The standard InChI is InChI=1S/C16H20N8/c1-17-16(19-11-15-20-12-22-23(15)2)18-10-13-5-3-6-14(9-13)24-8-4-7-21-24/h3-9,12H,10-11H2,1-2H3,(H2,17,18,19). The molecular formula is C16H20N8. The first kappa shape index (κ1) is 15.7. The maximum absolute atomic E-state index is 4.25. The van der Waals surface area contributed by atoms with Crippen molar-refractivity contribution in [1.82, 2.24) is 35.2 Å². The number of aromatic nitrogens is 5. The molecule has 2 aromatic heterocycles. The summed E-state index contributed by atoms with van der Waals surface area (Å²) in [5.41, 5.74) is 2.17. The van der Waals surface area contributed by atoms with Crippen molar-refractivity contribution >= 4 is 5.96 Å². The van der Waals surface area contributed by atoms with Crippen molar-refractivity contribution in [2.45, 2.75) is 13.1 Å². The summed E-state index contributed by atoms with van der Waals surface area (Å²) in [7, 11) is 3.60. The van der Waals surface area contributed by atoms with E-state index in [0.29, 0.717) is 19.0 Å². The van der Waals surface area contributed by atoms with Crippen LogP contribution >= 0.6 is 0 Å². The van der Waals surface area contributed by atoms with E-state index < -0.39 is 0 Å². The molecule has 124 valence electrons. The Hall–Kier alpha value is -3.16. The molecule has 0 saturated carbocycles. The summed E-state index contributed by atoms with van der Waals surface area (Å²) >= 11 is 0. The van der Waals surface area contributed by atoms with Crippen LogP contribution in [0.2, 0.25) is 0 Å². The lowest BCUT2D eigenvalue weighted by atomic mass is 10.2. The summed E-state index contributed by atoms with van der Waals surface area (Å²) in [6.07, 6.45) is 5.23. The third-order valence-corrected chi connectivity index (χ3v) is 3.58. The van der Waals surface area contributed by atoms with Gasteiger partial charge >= 0.3 is 0 Å². The van der Waals surface area contributed by atoms with E-state index in [0.717, 1.165) is 17.1 Å². The van der Waals surface area contributed by atoms with Crippen LogP contribution in [0.25, 0.3) is 5.69 Å². The van der Waals surface area contributed by atoms with Crippen molar-refractivity contribution in [3.05, 3.63) is 60.4 Å². The maximum atomic E-state index is 4.25. The van der Waals surface area contributed by atoms with Gasteiger partial charge < -0.3 is 10.6 Å². The number of aryl methyl sites for hydroxylation is 1. The van der Waals surface area contributed by atoms with E-state index in [4.69, 9.17) is 0 Å². The molecule has 24 heavy (non-hydrogen) atoms. The Labute approximate surface area is 140 Å². The van der Waals surface area contributed by atoms with Crippen molar-refractivity contribution in [3.63, 3.8) is 0 Å². The number of rotatable bonds is 5. The summed E-state index contributed by atoms with van der Waals surface area (Å²) in [5.74, 6) is 1.56. The molecule has 3 rings (SSSR count). The van der Waals surface area contributed by atoms with Crippen LogP contribution < -0.4 is 10.6 Å². The first-order valence-electron chi connectivity index (χ1n) is 7.62. The van der Waals surface area contributed by atoms with E-state index in [1.165, 1.54) is 6.33 Å². The molecule has 0 fully saturated rings. The Morgan fingerprint density at radius 1 is 1.17 bits per heavy atom. The topological polar surface area (TPSA) is 84.9 Å². The Balaban J connectivity index is 1.58. The molecule has 0 amide bonds. The zero-order chi connectivity index (χ0) is 16.8. The quantitative estimate of drug-likeness (QED) is 0.537. The number of hydrogen-bond donors (Lipinski definition) is 2. The van der Waals surface area contributed by atoms with E-state index in [2.05, 4.69) is 42.9 Å². The van der Waals surface area contributed by atoms with Crippen molar-refractivity contribution in [1.29, 1.82) is 0 Å². The second kappa shape index (κ2) is 7.40. The normalized spacial score (nSPS) is 11.5. The second-order valence-electron chi connectivity index (χ2n) is 5.20. The zero-order valence-corrected chi connectivity index (χ0v) is 13.7. The molecule has 3 aromatic rings. The molecule has 0 aliphatic rings. The van der Waals surface area contributed by atoms with Crippen LogP contribution in [0.4, 0.5) is 0 Å². The Kier molecular flexibility index (Phi) is 4.85. The third kappa shape index (κ3) is 3.78. The fourth-order valence-corrected chi connectivity index (χ4v) is 2.28. The summed E-state index contributed by atoms with van der Waals surface area (Å²) in [4.78, 5) is 8.40. The molecule has 8 nitrogen and oxygen atoms in total. The number of hydrogen-bond acceptors (Lipinski definition) is 4. The van der Waals surface area contributed by atoms with Crippen molar-refractivity contribution in [2.75, 3.05) is 7.05 Å². The predicted molar refractivity (Wildman–Crippen MR) is 91.6 cm³/mol. The molecule has 0 atom stereocenters. The Morgan fingerprint density at radius 3 is 2.75 bits per heavy atom. The first-order valence-corrected chi connectivity index (χ1v) is 7.62. The average Bonchev–Trinajstić information content (AvgIpc) is 3.27. The van der Waals surface area contributed by atoms with E-state index in [-0.39, 0.29) is 0 Å². The van der Waals surface area contributed by atoms with Crippen LogP contribution in [0.5, 0.6) is 0 Å². The number of nitrogens with zero attached hydrogens (tertiary/aromatic N) is 6. The summed E-state index contributed by atoms with van der Waals surface area (Å²) in [6, 6.07) is 10.1. The van der Waals surface area contributed by atoms with Crippen molar-refractivity contribution in [2.24, 2.45) is 12.0 Å². The van der Waals surface area contributed by atoms with E-state index in [1.54, 1.807) is 17.9 Å². The predicted octanol–water partition coefficient (Wildman–Crippen LogP) is 0.866. The molecule has 1 aromatic carbocycles. The molecule has 0 aliphatic heterocycles. The Morgan fingerprint density at radius 2 is 2.04 bits per heavy atom. The first-order chi connectivity index (χ1) is 11.8. The van der Waals surface area contributed by atoms with E-state index >= 15 is 0 Å². The zero-order valence-electron chi connectivity index (χ0n) is 13.7. The van der Waals surface area contributed by atoms with Gasteiger partial charge in [-0.15, -0.1) is 0 Å². The highest BCUT2D eigenvalue weighted by molar-refractivity contribution is 5.79. The maximum Gasteiger partial charge on any atom is 0.191 e. The van der Waals surface area contributed by atoms with E-state index in [9.17, 15) is 0 Å². The fraction of sp³-hybridized carbons (Fsp3) is 0.250. The van der Waals surface area contributed by atoms with Gasteiger partial charge in [-0.2, -0.15) is 10.2 Å². The SMILES string of the molecule is CN=C(NCc1cccc(-n2cccn2)c1)NCc1ncnn1C. The molecule has 0 radical (unpaired) electrons. The van der Waals surface area contributed by atoms with Crippen LogP contribution in [0.1, 0.15) is 11.4 Å². The lowest BCUT2D eigenvalue weighted by Crippen LogP contribution is -2.36.